The molecule has 1 heterocycles. The van der Waals surface area contributed by atoms with Crippen molar-refractivity contribution in [3.8, 4) is 0 Å². The second kappa shape index (κ2) is 7.53. The maximum atomic E-state index is 2.64. The molecule has 1 nitrogen and oxygen atoms in total. The smallest absolute Gasteiger partial charge is 0.000937 e. The molecule has 0 bridgehead atoms. The molecule has 0 aromatic rings. The van der Waals surface area contributed by atoms with Crippen LogP contribution in [0.1, 0.15) is 71.1 Å². The Morgan fingerprint density at radius 2 is 1.72 bits per heavy atom. The van der Waals surface area contributed by atoms with E-state index in [1.165, 1.54) is 70.9 Å². The maximum absolute atomic E-state index is 2.64. The average Bonchev–Trinajstić information content (AvgIpc) is 2.52. The summed E-state index contributed by atoms with van der Waals surface area (Å²) in [6.07, 6.45) is 14.8. The van der Waals surface area contributed by atoms with Crippen LogP contribution in [0.5, 0.6) is 0 Å². The van der Waals surface area contributed by atoms with Crippen LogP contribution in [0, 0.1) is 17.8 Å². The van der Waals surface area contributed by atoms with Crippen molar-refractivity contribution >= 4 is 0 Å². The first-order valence-corrected chi connectivity index (χ1v) is 8.48. The fourth-order valence-corrected chi connectivity index (χ4v) is 4.32. The highest BCUT2D eigenvalue weighted by Gasteiger charge is 2.31. The van der Waals surface area contributed by atoms with Crippen molar-refractivity contribution in [2.24, 2.45) is 17.8 Å². The zero-order valence-electron chi connectivity index (χ0n) is 12.7. The Hall–Kier alpha value is -0.0400. The molecular formula is C17H33N. The Kier molecular flexibility index (Phi) is 6.01. The molecule has 1 aliphatic carbocycles. The van der Waals surface area contributed by atoms with Gasteiger partial charge < -0.3 is 4.90 Å². The second-order valence-corrected chi connectivity index (χ2v) is 6.98. The SMILES string of the molecule is CCCCCC[C@@H]1C[C@@H]2CCCC[C@@H]2CN(C)C1. The molecule has 2 aliphatic rings. The van der Waals surface area contributed by atoms with E-state index in [9.17, 15) is 0 Å². The molecule has 2 fully saturated rings. The Labute approximate surface area is 114 Å². The lowest BCUT2D eigenvalue weighted by Gasteiger charge is -2.31. The van der Waals surface area contributed by atoms with E-state index in [0.717, 1.165) is 17.8 Å². The number of hydrogen-bond donors (Lipinski definition) is 0. The van der Waals surface area contributed by atoms with Crippen LogP contribution in [0.15, 0.2) is 0 Å². The molecule has 0 radical (unpaired) electrons. The van der Waals surface area contributed by atoms with Crippen molar-refractivity contribution in [1.82, 2.24) is 4.90 Å². The van der Waals surface area contributed by atoms with Gasteiger partial charge in [0.25, 0.3) is 0 Å². The second-order valence-electron chi connectivity index (χ2n) is 6.98. The van der Waals surface area contributed by atoms with Crippen LogP contribution in [0.25, 0.3) is 0 Å². The predicted molar refractivity (Wildman–Crippen MR) is 79.8 cm³/mol. The lowest BCUT2D eigenvalue weighted by Crippen LogP contribution is -2.29. The Balaban J connectivity index is 1.79. The largest absolute Gasteiger partial charge is 0.306 e. The third-order valence-corrected chi connectivity index (χ3v) is 5.28. The number of nitrogens with zero attached hydrogens (tertiary/aromatic N) is 1. The molecule has 0 aromatic heterocycles. The molecule has 1 heteroatoms. The molecule has 2 rings (SSSR count). The molecule has 0 amide bonds. The minimum Gasteiger partial charge on any atom is -0.306 e. The molecule has 0 aromatic carbocycles. The lowest BCUT2D eigenvalue weighted by atomic mass is 9.75. The van der Waals surface area contributed by atoms with E-state index >= 15 is 0 Å². The summed E-state index contributed by atoms with van der Waals surface area (Å²) in [5.41, 5.74) is 0. The zero-order valence-corrected chi connectivity index (χ0v) is 12.7. The van der Waals surface area contributed by atoms with Crippen LogP contribution in [-0.4, -0.2) is 25.0 Å². The van der Waals surface area contributed by atoms with E-state index in [4.69, 9.17) is 0 Å². The van der Waals surface area contributed by atoms with Gasteiger partial charge in [0, 0.05) is 13.1 Å². The van der Waals surface area contributed by atoms with Crippen LogP contribution in [0.4, 0.5) is 0 Å². The molecule has 1 saturated carbocycles. The fourth-order valence-electron chi connectivity index (χ4n) is 4.32. The van der Waals surface area contributed by atoms with E-state index in [1.807, 2.05) is 0 Å². The first kappa shape index (κ1) is 14.4. The van der Waals surface area contributed by atoms with Gasteiger partial charge >= 0.3 is 0 Å². The molecule has 1 saturated heterocycles. The van der Waals surface area contributed by atoms with Crippen molar-refractivity contribution in [3.63, 3.8) is 0 Å². The van der Waals surface area contributed by atoms with E-state index in [2.05, 4.69) is 18.9 Å². The van der Waals surface area contributed by atoms with Gasteiger partial charge in [-0.15, -0.1) is 0 Å². The molecule has 1 aliphatic heterocycles. The van der Waals surface area contributed by atoms with E-state index in [1.54, 1.807) is 6.42 Å². The third kappa shape index (κ3) is 4.26. The number of hydrogen-bond acceptors (Lipinski definition) is 1. The van der Waals surface area contributed by atoms with Gasteiger partial charge in [-0.1, -0.05) is 51.9 Å². The van der Waals surface area contributed by atoms with Gasteiger partial charge in [0.1, 0.15) is 0 Å². The first-order chi connectivity index (χ1) is 8.79. The summed E-state index contributed by atoms with van der Waals surface area (Å²) < 4.78 is 0. The highest BCUT2D eigenvalue weighted by molar-refractivity contribution is 4.84. The summed E-state index contributed by atoms with van der Waals surface area (Å²) in [6.45, 7) is 5.07. The first-order valence-electron chi connectivity index (χ1n) is 8.48. The van der Waals surface area contributed by atoms with Gasteiger partial charge in [0.2, 0.25) is 0 Å². The average molecular weight is 251 g/mol. The number of unbranched alkanes of at least 4 members (excludes halogenated alkanes) is 3. The summed E-state index contributed by atoms with van der Waals surface area (Å²) in [4.78, 5) is 2.64. The third-order valence-electron chi connectivity index (χ3n) is 5.28. The van der Waals surface area contributed by atoms with Crippen LogP contribution in [-0.2, 0) is 0 Å². The van der Waals surface area contributed by atoms with Gasteiger partial charge in [0.15, 0.2) is 0 Å². The minimum atomic E-state index is 1.000. The monoisotopic (exact) mass is 251 g/mol. The van der Waals surface area contributed by atoms with Crippen molar-refractivity contribution < 1.29 is 0 Å². The van der Waals surface area contributed by atoms with Gasteiger partial charge in [0.05, 0.1) is 0 Å². The van der Waals surface area contributed by atoms with Crippen molar-refractivity contribution in [3.05, 3.63) is 0 Å². The Morgan fingerprint density at radius 3 is 2.50 bits per heavy atom. The molecule has 106 valence electrons. The summed E-state index contributed by atoms with van der Waals surface area (Å²) in [6, 6.07) is 0. The van der Waals surface area contributed by atoms with Gasteiger partial charge in [-0.25, -0.2) is 0 Å². The number of rotatable bonds is 5. The predicted octanol–water partition coefficient (Wildman–Crippen LogP) is 4.71. The maximum Gasteiger partial charge on any atom is 0.000937 e. The highest BCUT2D eigenvalue weighted by atomic mass is 15.1. The van der Waals surface area contributed by atoms with E-state index in [-0.39, 0.29) is 0 Å². The molecule has 0 unspecified atom stereocenters. The van der Waals surface area contributed by atoms with Gasteiger partial charge in [-0.05, 0) is 44.1 Å². The summed E-state index contributed by atoms with van der Waals surface area (Å²) in [5.74, 6) is 3.10. The summed E-state index contributed by atoms with van der Waals surface area (Å²) in [7, 11) is 2.36. The quantitative estimate of drug-likeness (QED) is 0.639. The molecule has 3 atom stereocenters. The van der Waals surface area contributed by atoms with Crippen molar-refractivity contribution in [2.75, 3.05) is 20.1 Å². The van der Waals surface area contributed by atoms with Crippen LogP contribution in [0.2, 0.25) is 0 Å². The summed E-state index contributed by atoms with van der Waals surface area (Å²) in [5, 5.41) is 0. The van der Waals surface area contributed by atoms with Crippen molar-refractivity contribution in [2.45, 2.75) is 71.1 Å². The normalized spacial score (nSPS) is 34.0. The molecule has 0 N–H and O–H groups in total. The van der Waals surface area contributed by atoms with Crippen LogP contribution < -0.4 is 0 Å². The number of fused-ring (bicyclic) bond motifs is 1. The Morgan fingerprint density at radius 1 is 0.944 bits per heavy atom. The molecular weight excluding hydrogens is 218 g/mol. The fraction of sp³-hybridized carbons (Fsp3) is 1.00. The topological polar surface area (TPSA) is 3.24 Å². The van der Waals surface area contributed by atoms with E-state index < -0.39 is 0 Å². The Bertz CT molecular complexity index is 226. The zero-order chi connectivity index (χ0) is 12.8. The minimum absolute atomic E-state index is 1.000. The standard InChI is InChI=1S/C17H33N/c1-3-4-5-6-9-15-12-16-10-7-8-11-17(16)14-18(2)13-15/h15-17H,3-14H2,1-2H3/t15-,16+,17-/m1/s1. The van der Waals surface area contributed by atoms with E-state index in [0.29, 0.717) is 0 Å². The van der Waals surface area contributed by atoms with Crippen LogP contribution >= 0.6 is 0 Å². The van der Waals surface area contributed by atoms with Gasteiger partial charge in [-0.3, -0.25) is 0 Å². The van der Waals surface area contributed by atoms with Crippen LogP contribution in [0.3, 0.4) is 0 Å². The van der Waals surface area contributed by atoms with Gasteiger partial charge in [-0.2, -0.15) is 0 Å². The lowest BCUT2D eigenvalue weighted by molar-refractivity contribution is 0.197. The molecule has 0 spiro atoms. The molecule has 18 heavy (non-hydrogen) atoms. The summed E-state index contributed by atoms with van der Waals surface area (Å²) >= 11 is 0. The van der Waals surface area contributed by atoms with Crippen molar-refractivity contribution in [1.29, 1.82) is 0 Å². The highest BCUT2D eigenvalue weighted by Crippen LogP contribution is 2.38. The number of likely N-dealkylation sites (tertiary alicyclic amines) is 1.